The van der Waals surface area contributed by atoms with Crippen LogP contribution in [0.5, 0.6) is 0 Å². The number of fused-ring (bicyclic) bond motifs is 3. The second kappa shape index (κ2) is 7.00. The van der Waals surface area contributed by atoms with Crippen molar-refractivity contribution in [2.45, 2.75) is 39.8 Å². The molecule has 6 heteroatoms. The number of nitrogens with one attached hydrogen (secondary N) is 1. The Kier molecular flexibility index (Phi) is 4.81. The molecule has 23 heavy (non-hydrogen) atoms. The first kappa shape index (κ1) is 15.8. The number of anilines is 1. The van der Waals surface area contributed by atoms with Crippen molar-refractivity contribution in [3.8, 4) is 0 Å². The molecule has 1 amide bonds. The van der Waals surface area contributed by atoms with Gasteiger partial charge in [0.25, 0.3) is 0 Å². The summed E-state index contributed by atoms with van der Waals surface area (Å²) in [5, 5.41) is 2.73. The van der Waals surface area contributed by atoms with Crippen LogP contribution in [-0.4, -0.2) is 40.2 Å². The highest BCUT2D eigenvalue weighted by molar-refractivity contribution is 5.89. The largest absolute Gasteiger partial charge is 0.450 e. The lowest BCUT2D eigenvalue weighted by atomic mass is 10.2. The quantitative estimate of drug-likeness (QED) is 0.920. The molecule has 3 rings (SSSR count). The number of carbonyl (C=O) groups is 1. The number of ether oxygens (including phenoxy) is 1. The van der Waals surface area contributed by atoms with Crippen LogP contribution in [-0.2, 0) is 17.8 Å². The van der Waals surface area contributed by atoms with Gasteiger partial charge < -0.3 is 9.30 Å². The molecule has 2 aromatic rings. The first-order chi connectivity index (χ1) is 11.2. The van der Waals surface area contributed by atoms with E-state index >= 15 is 0 Å². The van der Waals surface area contributed by atoms with Crippen molar-refractivity contribution in [1.29, 1.82) is 0 Å². The molecule has 1 aliphatic rings. The van der Waals surface area contributed by atoms with E-state index in [1.165, 1.54) is 12.8 Å². The lowest BCUT2D eigenvalue weighted by Crippen LogP contribution is -2.34. The Morgan fingerprint density at radius 2 is 2.22 bits per heavy atom. The number of hydrogen-bond acceptors (Lipinski definition) is 4. The molecule has 1 N–H and O–H groups in total. The van der Waals surface area contributed by atoms with Gasteiger partial charge in [0, 0.05) is 18.8 Å². The topological polar surface area (TPSA) is 59.4 Å². The van der Waals surface area contributed by atoms with Crippen molar-refractivity contribution in [3.63, 3.8) is 0 Å². The summed E-state index contributed by atoms with van der Waals surface area (Å²) < 4.78 is 7.19. The van der Waals surface area contributed by atoms with Crippen molar-refractivity contribution in [2.75, 3.05) is 25.0 Å². The van der Waals surface area contributed by atoms with E-state index in [-0.39, 0.29) is 0 Å². The first-order valence-corrected chi connectivity index (χ1v) is 8.36. The SMILES string of the molecule is CCCCN1CCn2c(nc3cc(NC(=O)OCC)ccc32)C1. The summed E-state index contributed by atoms with van der Waals surface area (Å²) in [6.45, 7) is 8.44. The highest BCUT2D eigenvalue weighted by atomic mass is 16.5. The number of aromatic nitrogens is 2. The van der Waals surface area contributed by atoms with Gasteiger partial charge in [-0.05, 0) is 38.1 Å². The van der Waals surface area contributed by atoms with E-state index in [0.29, 0.717) is 12.3 Å². The van der Waals surface area contributed by atoms with E-state index in [0.717, 1.165) is 43.0 Å². The molecule has 0 saturated carbocycles. The normalized spacial score (nSPS) is 14.7. The lowest BCUT2D eigenvalue weighted by molar-refractivity contribution is 0.168. The maximum absolute atomic E-state index is 11.5. The Balaban J connectivity index is 1.78. The number of amides is 1. The van der Waals surface area contributed by atoms with Crippen LogP contribution in [0.25, 0.3) is 11.0 Å². The molecular formula is C17H24N4O2. The minimum Gasteiger partial charge on any atom is -0.450 e. The van der Waals surface area contributed by atoms with Crippen LogP contribution in [0.15, 0.2) is 18.2 Å². The van der Waals surface area contributed by atoms with Gasteiger partial charge >= 0.3 is 6.09 Å². The number of nitrogens with zero attached hydrogens (tertiary/aromatic N) is 3. The highest BCUT2D eigenvalue weighted by Gasteiger charge is 2.19. The van der Waals surface area contributed by atoms with Crippen molar-refractivity contribution in [1.82, 2.24) is 14.5 Å². The Labute approximate surface area is 136 Å². The number of rotatable bonds is 5. The summed E-state index contributed by atoms with van der Waals surface area (Å²) in [5.74, 6) is 1.11. The highest BCUT2D eigenvalue weighted by Crippen LogP contribution is 2.24. The van der Waals surface area contributed by atoms with Crippen LogP contribution >= 0.6 is 0 Å². The zero-order valence-corrected chi connectivity index (χ0v) is 13.8. The van der Waals surface area contributed by atoms with E-state index in [1.807, 2.05) is 18.2 Å². The predicted molar refractivity (Wildman–Crippen MR) is 90.6 cm³/mol. The predicted octanol–water partition coefficient (Wildman–Crippen LogP) is 3.22. The Bertz CT molecular complexity index is 695. The zero-order chi connectivity index (χ0) is 16.2. The van der Waals surface area contributed by atoms with Gasteiger partial charge in [-0.2, -0.15) is 0 Å². The minimum absolute atomic E-state index is 0.362. The van der Waals surface area contributed by atoms with Gasteiger partial charge in [0.2, 0.25) is 0 Å². The molecular weight excluding hydrogens is 292 g/mol. The number of carbonyl (C=O) groups excluding carboxylic acids is 1. The van der Waals surface area contributed by atoms with Crippen LogP contribution in [0.4, 0.5) is 10.5 Å². The fourth-order valence-corrected chi connectivity index (χ4v) is 3.01. The molecule has 0 aliphatic carbocycles. The van der Waals surface area contributed by atoms with Gasteiger partial charge in [-0.15, -0.1) is 0 Å². The van der Waals surface area contributed by atoms with E-state index in [1.54, 1.807) is 6.92 Å². The molecule has 0 atom stereocenters. The molecule has 6 nitrogen and oxygen atoms in total. The Morgan fingerprint density at radius 1 is 1.35 bits per heavy atom. The van der Waals surface area contributed by atoms with Gasteiger partial charge in [0.05, 0.1) is 24.2 Å². The minimum atomic E-state index is -0.429. The van der Waals surface area contributed by atoms with Crippen LogP contribution in [0, 0.1) is 0 Å². The first-order valence-electron chi connectivity index (χ1n) is 8.36. The van der Waals surface area contributed by atoms with Gasteiger partial charge in [-0.3, -0.25) is 10.2 Å². The molecule has 1 aromatic carbocycles. The monoisotopic (exact) mass is 316 g/mol. The molecule has 124 valence electrons. The summed E-state index contributed by atoms with van der Waals surface area (Å²) in [6, 6.07) is 5.83. The molecule has 2 heterocycles. The molecule has 1 aromatic heterocycles. The second-order valence-electron chi connectivity index (χ2n) is 5.86. The van der Waals surface area contributed by atoms with E-state index < -0.39 is 6.09 Å². The van der Waals surface area contributed by atoms with Crippen LogP contribution in [0.3, 0.4) is 0 Å². The van der Waals surface area contributed by atoms with Crippen LogP contribution < -0.4 is 5.32 Å². The smallest absolute Gasteiger partial charge is 0.411 e. The third-order valence-electron chi connectivity index (χ3n) is 4.18. The van der Waals surface area contributed by atoms with E-state index in [2.05, 4.69) is 21.7 Å². The number of unbranched alkanes of at least 4 members (excludes halogenated alkanes) is 1. The second-order valence-corrected chi connectivity index (χ2v) is 5.86. The molecule has 0 spiro atoms. The van der Waals surface area contributed by atoms with Gasteiger partial charge in [0.15, 0.2) is 0 Å². The third-order valence-corrected chi connectivity index (χ3v) is 4.18. The van der Waals surface area contributed by atoms with Crippen molar-refractivity contribution in [3.05, 3.63) is 24.0 Å². The van der Waals surface area contributed by atoms with Gasteiger partial charge in [-0.25, -0.2) is 9.78 Å². The van der Waals surface area contributed by atoms with Crippen molar-refractivity contribution >= 4 is 22.8 Å². The third kappa shape index (κ3) is 3.47. The maximum Gasteiger partial charge on any atom is 0.411 e. The molecule has 0 fully saturated rings. The summed E-state index contributed by atoms with van der Waals surface area (Å²) in [6.07, 6.45) is 2.02. The Hall–Kier alpha value is -2.08. The molecule has 0 bridgehead atoms. The van der Waals surface area contributed by atoms with E-state index in [4.69, 9.17) is 9.72 Å². The molecule has 1 aliphatic heterocycles. The zero-order valence-electron chi connectivity index (χ0n) is 13.8. The van der Waals surface area contributed by atoms with Crippen LogP contribution in [0.2, 0.25) is 0 Å². The molecule has 0 unspecified atom stereocenters. The van der Waals surface area contributed by atoms with Crippen LogP contribution in [0.1, 0.15) is 32.5 Å². The van der Waals surface area contributed by atoms with Crippen molar-refractivity contribution < 1.29 is 9.53 Å². The fourth-order valence-electron chi connectivity index (χ4n) is 3.01. The fraction of sp³-hybridized carbons (Fsp3) is 0.529. The molecule has 0 radical (unpaired) electrons. The molecule has 0 saturated heterocycles. The summed E-state index contributed by atoms with van der Waals surface area (Å²) >= 11 is 0. The summed E-state index contributed by atoms with van der Waals surface area (Å²) in [5.41, 5.74) is 2.77. The summed E-state index contributed by atoms with van der Waals surface area (Å²) in [7, 11) is 0. The Morgan fingerprint density at radius 3 is 3.00 bits per heavy atom. The van der Waals surface area contributed by atoms with E-state index in [9.17, 15) is 4.79 Å². The van der Waals surface area contributed by atoms with Crippen molar-refractivity contribution in [2.24, 2.45) is 0 Å². The summed E-state index contributed by atoms with van der Waals surface area (Å²) in [4.78, 5) is 18.7. The standard InChI is InChI=1S/C17H24N4O2/c1-3-5-8-20-9-10-21-15-7-6-13(18-17(22)23-4-2)11-14(15)19-16(21)12-20/h6-7,11H,3-5,8-10,12H2,1-2H3,(H,18,22). The number of imidazole rings is 1. The maximum atomic E-state index is 11.5. The number of hydrogen-bond donors (Lipinski definition) is 1. The van der Waals surface area contributed by atoms with Gasteiger partial charge in [-0.1, -0.05) is 13.3 Å². The van der Waals surface area contributed by atoms with Gasteiger partial charge in [0.1, 0.15) is 5.82 Å². The lowest BCUT2D eigenvalue weighted by Gasteiger charge is -2.27. The average molecular weight is 316 g/mol. The average Bonchev–Trinajstić information content (AvgIpc) is 2.89. The number of benzene rings is 1.